The van der Waals surface area contributed by atoms with Gasteiger partial charge in [-0.25, -0.2) is 14.3 Å². The number of aromatic nitrogens is 3. The van der Waals surface area contributed by atoms with Gasteiger partial charge in [-0.05, 0) is 43.9 Å². The number of hydrogen-bond donors (Lipinski definition) is 3. The van der Waals surface area contributed by atoms with E-state index in [0.29, 0.717) is 25.2 Å². The molecule has 9 heteroatoms. The maximum Gasteiger partial charge on any atom is 0.345 e. The zero-order chi connectivity index (χ0) is 20.8. The third-order valence-corrected chi connectivity index (χ3v) is 4.92. The smallest absolute Gasteiger partial charge is 0.338 e. The molecule has 29 heavy (non-hydrogen) atoms. The Hall–Kier alpha value is -3.10. The van der Waals surface area contributed by atoms with Gasteiger partial charge in [-0.15, -0.1) is 0 Å². The van der Waals surface area contributed by atoms with Crippen LogP contribution in [0.5, 0.6) is 0 Å². The van der Waals surface area contributed by atoms with Gasteiger partial charge in [0.15, 0.2) is 0 Å². The number of rotatable bonds is 7. The molecule has 1 aliphatic heterocycles. The van der Waals surface area contributed by atoms with Crippen molar-refractivity contribution in [1.29, 1.82) is 0 Å². The second-order valence-electron chi connectivity index (χ2n) is 7.31. The largest absolute Gasteiger partial charge is 0.345 e. The van der Waals surface area contributed by atoms with Gasteiger partial charge in [-0.1, -0.05) is 12.1 Å². The number of benzene rings is 1. The molecule has 0 saturated carbocycles. The number of hydrogen-bond acceptors (Lipinski definition) is 4. The Kier molecular flexibility index (Phi) is 6.69. The molecule has 0 radical (unpaired) electrons. The molecule has 1 aromatic heterocycles. The number of aryl methyl sites for hydroxylation is 2. The van der Waals surface area contributed by atoms with Gasteiger partial charge in [-0.3, -0.25) is 9.36 Å². The van der Waals surface area contributed by atoms with Gasteiger partial charge in [0.05, 0.1) is 6.04 Å². The van der Waals surface area contributed by atoms with Crippen LogP contribution in [-0.4, -0.2) is 32.8 Å². The summed E-state index contributed by atoms with van der Waals surface area (Å²) in [5.41, 5.74) is 1.52. The average Bonchev–Trinajstić information content (AvgIpc) is 3.01. The Morgan fingerprint density at radius 1 is 1.28 bits per heavy atom. The number of nitrogens with one attached hydrogen (secondary N) is 3. The lowest BCUT2D eigenvalue weighted by Gasteiger charge is -2.16. The van der Waals surface area contributed by atoms with Crippen LogP contribution in [0.1, 0.15) is 50.5 Å². The van der Waals surface area contributed by atoms with E-state index in [1.165, 1.54) is 11.6 Å². The summed E-state index contributed by atoms with van der Waals surface area (Å²) in [6.45, 7) is 5.00. The molecule has 156 valence electrons. The van der Waals surface area contributed by atoms with Gasteiger partial charge in [0, 0.05) is 38.7 Å². The number of amides is 3. The fourth-order valence-electron chi connectivity index (χ4n) is 3.44. The standard InChI is InChI=1S/C20H28N6O3/c1-14(16-7-5-8-17(13-16)23-15(2)27)22-19(28)21-10-6-12-26-20(29)25-11-4-3-9-18(25)24-26/h5,7-8,13-14H,3-4,6,9-12H2,1-2H3,(H,23,27)(H2,21,22,28). The summed E-state index contributed by atoms with van der Waals surface area (Å²) in [7, 11) is 0. The van der Waals surface area contributed by atoms with E-state index in [1.54, 1.807) is 10.6 Å². The Balaban J connectivity index is 1.44. The van der Waals surface area contributed by atoms with E-state index in [-0.39, 0.29) is 23.7 Å². The molecule has 0 saturated heterocycles. The van der Waals surface area contributed by atoms with Gasteiger partial charge in [0.2, 0.25) is 5.91 Å². The molecule has 0 aliphatic carbocycles. The van der Waals surface area contributed by atoms with E-state index in [0.717, 1.165) is 37.2 Å². The van der Waals surface area contributed by atoms with Crippen LogP contribution in [0.3, 0.4) is 0 Å². The number of fused-ring (bicyclic) bond motifs is 1. The predicted octanol–water partition coefficient (Wildman–Crippen LogP) is 1.79. The average molecular weight is 400 g/mol. The molecule has 3 amide bonds. The van der Waals surface area contributed by atoms with E-state index in [1.807, 2.05) is 25.1 Å². The number of nitrogens with zero attached hydrogens (tertiary/aromatic N) is 3. The molecular weight excluding hydrogens is 372 g/mol. The van der Waals surface area contributed by atoms with Crippen molar-refractivity contribution in [3.63, 3.8) is 0 Å². The monoisotopic (exact) mass is 400 g/mol. The first-order valence-electron chi connectivity index (χ1n) is 10.0. The molecule has 3 rings (SSSR count). The predicted molar refractivity (Wildman–Crippen MR) is 110 cm³/mol. The van der Waals surface area contributed by atoms with Crippen LogP contribution in [0.2, 0.25) is 0 Å². The van der Waals surface area contributed by atoms with E-state index in [9.17, 15) is 14.4 Å². The van der Waals surface area contributed by atoms with Gasteiger partial charge in [0.25, 0.3) is 0 Å². The van der Waals surface area contributed by atoms with Crippen molar-refractivity contribution in [2.75, 3.05) is 11.9 Å². The molecule has 1 unspecified atom stereocenters. The number of carbonyl (C=O) groups is 2. The van der Waals surface area contributed by atoms with Gasteiger partial charge in [0.1, 0.15) is 5.82 Å². The highest BCUT2D eigenvalue weighted by Gasteiger charge is 2.16. The van der Waals surface area contributed by atoms with E-state index < -0.39 is 0 Å². The van der Waals surface area contributed by atoms with Crippen molar-refractivity contribution in [3.8, 4) is 0 Å². The fraction of sp³-hybridized carbons (Fsp3) is 0.500. The van der Waals surface area contributed by atoms with Crippen LogP contribution in [0, 0.1) is 0 Å². The van der Waals surface area contributed by atoms with E-state index in [4.69, 9.17) is 0 Å². The summed E-state index contributed by atoms with van der Waals surface area (Å²) in [6.07, 6.45) is 3.57. The summed E-state index contributed by atoms with van der Waals surface area (Å²) in [6, 6.07) is 6.86. The molecule has 1 aliphatic rings. The maximum absolute atomic E-state index is 12.3. The van der Waals surface area contributed by atoms with Crippen molar-refractivity contribution in [2.45, 2.75) is 58.7 Å². The first-order valence-corrected chi connectivity index (χ1v) is 10.0. The number of anilines is 1. The molecule has 0 spiro atoms. The van der Waals surface area contributed by atoms with Crippen molar-refractivity contribution < 1.29 is 9.59 Å². The number of carbonyl (C=O) groups excluding carboxylic acids is 2. The van der Waals surface area contributed by atoms with Crippen LogP contribution >= 0.6 is 0 Å². The first-order chi connectivity index (χ1) is 13.9. The third kappa shape index (κ3) is 5.46. The molecule has 9 nitrogen and oxygen atoms in total. The third-order valence-electron chi connectivity index (χ3n) is 4.92. The van der Waals surface area contributed by atoms with Crippen LogP contribution < -0.4 is 21.6 Å². The lowest BCUT2D eigenvalue weighted by Crippen LogP contribution is -2.38. The fourth-order valence-corrected chi connectivity index (χ4v) is 3.44. The molecule has 3 N–H and O–H groups in total. The van der Waals surface area contributed by atoms with E-state index >= 15 is 0 Å². The Morgan fingerprint density at radius 3 is 2.86 bits per heavy atom. The number of urea groups is 1. The SMILES string of the molecule is CC(=O)Nc1cccc(C(C)NC(=O)NCCCn2nc3n(c2=O)CCCC3)c1. The highest BCUT2D eigenvalue weighted by atomic mass is 16.2. The zero-order valence-electron chi connectivity index (χ0n) is 16.9. The summed E-state index contributed by atoms with van der Waals surface area (Å²) >= 11 is 0. The second-order valence-corrected chi connectivity index (χ2v) is 7.31. The van der Waals surface area contributed by atoms with Gasteiger partial charge < -0.3 is 16.0 Å². The highest BCUT2D eigenvalue weighted by molar-refractivity contribution is 5.88. The van der Waals surface area contributed by atoms with Crippen molar-refractivity contribution in [3.05, 3.63) is 46.1 Å². The van der Waals surface area contributed by atoms with Crippen molar-refractivity contribution >= 4 is 17.6 Å². The molecule has 0 bridgehead atoms. The summed E-state index contributed by atoms with van der Waals surface area (Å²) in [4.78, 5) is 35.6. The summed E-state index contributed by atoms with van der Waals surface area (Å²) in [5.74, 6) is 0.723. The molecule has 2 heterocycles. The topological polar surface area (TPSA) is 110 Å². The van der Waals surface area contributed by atoms with Crippen LogP contribution in [-0.2, 0) is 24.3 Å². The maximum atomic E-state index is 12.3. The van der Waals surface area contributed by atoms with E-state index in [2.05, 4.69) is 21.0 Å². The van der Waals surface area contributed by atoms with Crippen LogP contribution in [0.15, 0.2) is 29.1 Å². The first kappa shape index (κ1) is 20.6. The minimum Gasteiger partial charge on any atom is -0.338 e. The van der Waals surface area contributed by atoms with Gasteiger partial charge in [-0.2, -0.15) is 5.10 Å². The molecule has 0 fully saturated rings. The minimum atomic E-state index is -0.279. The Morgan fingerprint density at radius 2 is 2.10 bits per heavy atom. The molecule has 2 aromatic rings. The minimum absolute atomic E-state index is 0.0585. The van der Waals surface area contributed by atoms with Crippen LogP contribution in [0.4, 0.5) is 10.5 Å². The normalized spacial score (nSPS) is 14.0. The Bertz CT molecular complexity index is 933. The summed E-state index contributed by atoms with van der Waals surface area (Å²) in [5, 5.41) is 12.8. The highest BCUT2D eigenvalue weighted by Crippen LogP contribution is 2.17. The quantitative estimate of drug-likeness (QED) is 0.616. The van der Waals surface area contributed by atoms with Crippen molar-refractivity contribution in [1.82, 2.24) is 25.0 Å². The lowest BCUT2D eigenvalue weighted by molar-refractivity contribution is -0.114. The molecule has 1 aromatic carbocycles. The molecule has 1 atom stereocenters. The van der Waals surface area contributed by atoms with Crippen molar-refractivity contribution in [2.24, 2.45) is 0 Å². The lowest BCUT2D eigenvalue weighted by atomic mass is 10.1. The Labute approximate surface area is 169 Å². The molecular formula is C20H28N6O3. The van der Waals surface area contributed by atoms with Crippen LogP contribution in [0.25, 0.3) is 0 Å². The summed E-state index contributed by atoms with van der Waals surface area (Å²) < 4.78 is 3.25. The second kappa shape index (κ2) is 9.40. The zero-order valence-corrected chi connectivity index (χ0v) is 16.9. The van der Waals surface area contributed by atoms with Gasteiger partial charge >= 0.3 is 11.7 Å².